The van der Waals surface area contributed by atoms with Gasteiger partial charge in [0.1, 0.15) is 0 Å². The molecular formula is C26H39NO5Si. The first kappa shape index (κ1) is 28.7. The fourth-order valence-corrected chi connectivity index (χ4v) is 4.79. The van der Waals surface area contributed by atoms with Gasteiger partial charge >= 0.3 is 14.8 Å². The number of carbonyl (C=O) groups is 1. The van der Waals surface area contributed by atoms with E-state index in [1.165, 1.54) is 11.1 Å². The van der Waals surface area contributed by atoms with Gasteiger partial charge < -0.3 is 18.0 Å². The number of rotatable bonds is 13. The van der Waals surface area contributed by atoms with E-state index in [2.05, 4.69) is 79.1 Å². The third-order valence-corrected chi connectivity index (χ3v) is 7.92. The summed E-state index contributed by atoms with van der Waals surface area (Å²) in [6, 6.07) is 21.9. The molecule has 182 valence electrons. The Bertz CT molecular complexity index is 747. The highest BCUT2D eigenvalue weighted by molar-refractivity contribution is 6.60. The molecule has 0 aliphatic rings. The predicted octanol–water partition coefficient (Wildman–Crippen LogP) is 5.08. The Kier molecular flexibility index (Phi) is 14.2. The molecule has 0 amide bonds. The molecule has 33 heavy (non-hydrogen) atoms. The Labute approximate surface area is 200 Å². The molecule has 0 unspecified atom stereocenters. The molecule has 0 aliphatic carbocycles. The van der Waals surface area contributed by atoms with Crippen LogP contribution in [0.3, 0.4) is 0 Å². The number of carbonyl (C=O) groups excluding carboxylic acids is 1. The minimum Gasteiger partial charge on any atom is -0.462 e. The molecule has 0 aromatic heterocycles. The van der Waals surface area contributed by atoms with Crippen LogP contribution < -0.4 is 0 Å². The van der Waals surface area contributed by atoms with Crippen molar-refractivity contribution in [3.8, 4) is 0 Å². The Morgan fingerprint density at radius 2 is 1.33 bits per heavy atom. The van der Waals surface area contributed by atoms with E-state index < -0.39 is 8.80 Å². The second-order valence-electron chi connectivity index (χ2n) is 7.59. The standard InChI is InChI=1S/C16H19N.C10H20O5Si/c1-2-17(13-15-9-5-3-6-10-15)14-16-11-7-4-8-12-16;1-9(2)10(11)15-7-6-8-16(12-3,13-4)14-5/h3-12H,2,13-14H2,1H3;1,6-8H2,2-5H3. The van der Waals surface area contributed by atoms with E-state index in [9.17, 15) is 4.79 Å². The van der Waals surface area contributed by atoms with Crippen LogP contribution in [0.2, 0.25) is 6.04 Å². The maximum Gasteiger partial charge on any atom is 0.500 e. The van der Waals surface area contributed by atoms with Crippen LogP contribution in [-0.2, 0) is 35.9 Å². The normalized spacial score (nSPS) is 11.0. The molecule has 2 aromatic carbocycles. The monoisotopic (exact) mass is 473 g/mol. The number of ether oxygens (including phenoxy) is 1. The van der Waals surface area contributed by atoms with Gasteiger partial charge in [-0.25, -0.2) is 4.79 Å². The largest absolute Gasteiger partial charge is 0.500 e. The summed E-state index contributed by atoms with van der Waals surface area (Å²) < 4.78 is 20.6. The summed E-state index contributed by atoms with van der Waals surface area (Å²) in [5.41, 5.74) is 3.16. The van der Waals surface area contributed by atoms with E-state index in [-0.39, 0.29) is 5.97 Å². The van der Waals surface area contributed by atoms with E-state index in [4.69, 9.17) is 18.0 Å². The molecule has 0 spiro atoms. The van der Waals surface area contributed by atoms with Crippen molar-refractivity contribution in [3.63, 3.8) is 0 Å². The van der Waals surface area contributed by atoms with Gasteiger partial charge in [0.05, 0.1) is 6.61 Å². The Hall–Kier alpha value is -2.29. The third-order valence-electron chi connectivity index (χ3n) is 5.09. The molecule has 0 radical (unpaired) electrons. The van der Waals surface area contributed by atoms with Crippen LogP contribution in [0.4, 0.5) is 0 Å². The quantitative estimate of drug-likeness (QED) is 0.175. The average molecular weight is 474 g/mol. The summed E-state index contributed by atoms with van der Waals surface area (Å²) in [6.07, 6.45) is 0.640. The van der Waals surface area contributed by atoms with Gasteiger partial charge in [-0.3, -0.25) is 4.90 Å². The molecule has 2 aromatic rings. The van der Waals surface area contributed by atoms with Gasteiger partial charge in [-0.15, -0.1) is 0 Å². The van der Waals surface area contributed by atoms with Crippen molar-refractivity contribution < 1.29 is 22.8 Å². The lowest BCUT2D eigenvalue weighted by molar-refractivity contribution is -0.139. The minimum absolute atomic E-state index is 0.316. The number of hydrogen-bond donors (Lipinski definition) is 0. The van der Waals surface area contributed by atoms with Gasteiger partial charge in [-0.1, -0.05) is 74.2 Å². The van der Waals surface area contributed by atoms with Crippen LogP contribution in [0.25, 0.3) is 0 Å². The van der Waals surface area contributed by atoms with Crippen LogP contribution in [0.1, 0.15) is 31.4 Å². The van der Waals surface area contributed by atoms with Crippen molar-refractivity contribution in [2.75, 3.05) is 34.5 Å². The van der Waals surface area contributed by atoms with E-state index in [0.717, 1.165) is 19.6 Å². The molecule has 2 rings (SSSR count). The highest BCUT2D eigenvalue weighted by atomic mass is 28.4. The van der Waals surface area contributed by atoms with E-state index in [1.54, 1.807) is 28.3 Å². The van der Waals surface area contributed by atoms with Gasteiger partial charge in [0.2, 0.25) is 0 Å². The zero-order valence-electron chi connectivity index (χ0n) is 20.7. The number of esters is 1. The van der Waals surface area contributed by atoms with Gasteiger partial charge in [-0.05, 0) is 31.0 Å². The number of nitrogens with zero attached hydrogens (tertiary/aromatic N) is 1. The molecule has 0 heterocycles. The number of hydrogen-bond acceptors (Lipinski definition) is 6. The van der Waals surface area contributed by atoms with Crippen molar-refractivity contribution in [2.45, 2.75) is 39.4 Å². The third kappa shape index (κ3) is 11.4. The molecule has 0 saturated carbocycles. The molecule has 0 N–H and O–H groups in total. The zero-order valence-corrected chi connectivity index (χ0v) is 21.7. The molecule has 0 bridgehead atoms. The Morgan fingerprint density at radius 3 is 1.70 bits per heavy atom. The van der Waals surface area contributed by atoms with Gasteiger partial charge in [0.25, 0.3) is 0 Å². The molecule has 6 nitrogen and oxygen atoms in total. The summed E-state index contributed by atoms with van der Waals surface area (Å²) in [5, 5.41) is 0. The van der Waals surface area contributed by atoms with Crippen LogP contribution in [0.15, 0.2) is 72.8 Å². The first-order valence-corrected chi connectivity index (χ1v) is 13.1. The first-order valence-electron chi connectivity index (χ1n) is 11.2. The SMILES string of the molecule is C=C(C)C(=O)OCCC[Si](OC)(OC)OC.CCN(Cc1ccccc1)Cc1ccccc1. The highest BCUT2D eigenvalue weighted by Crippen LogP contribution is 2.15. The summed E-state index contributed by atoms with van der Waals surface area (Å²) in [6.45, 7) is 10.7. The second kappa shape index (κ2) is 16.3. The molecule has 7 heteroatoms. The lowest BCUT2D eigenvalue weighted by Crippen LogP contribution is -2.42. The fraction of sp³-hybridized carbons (Fsp3) is 0.423. The van der Waals surface area contributed by atoms with Crippen LogP contribution in [0, 0.1) is 0 Å². The lowest BCUT2D eigenvalue weighted by Gasteiger charge is -2.24. The Balaban J connectivity index is 0.000000331. The van der Waals surface area contributed by atoms with E-state index in [1.807, 2.05) is 0 Å². The van der Waals surface area contributed by atoms with Crippen molar-refractivity contribution in [1.82, 2.24) is 4.90 Å². The first-order chi connectivity index (χ1) is 15.9. The second-order valence-corrected chi connectivity index (χ2v) is 10.7. The minimum atomic E-state index is -2.53. The molecule has 0 aliphatic heterocycles. The van der Waals surface area contributed by atoms with Crippen LogP contribution >= 0.6 is 0 Å². The van der Waals surface area contributed by atoms with E-state index >= 15 is 0 Å². The smallest absolute Gasteiger partial charge is 0.462 e. The van der Waals surface area contributed by atoms with Crippen molar-refractivity contribution >= 4 is 14.8 Å². The van der Waals surface area contributed by atoms with Crippen molar-refractivity contribution in [2.24, 2.45) is 0 Å². The predicted molar refractivity (Wildman–Crippen MR) is 135 cm³/mol. The average Bonchev–Trinajstić information content (AvgIpc) is 2.85. The van der Waals surface area contributed by atoms with Gasteiger partial charge in [0, 0.05) is 46.0 Å². The highest BCUT2D eigenvalue weighted by Gasteiger charge is 2.36. The van der Waals surface area contributed by atoms with Crippen molar-refractivity contribution in [1.29, 1.82) is 0 Å². The van der Waals surface area contributed by atoms with Crippen molar-refractivity contribution in [3.05, 3.63) is 83.9 Å². The zero-order chi connectivity index (χ0) is 24.5. The van der Waals surface area contributed by atoms with Gasteiger partial charge in [0.15, 0.2) is 0 Å². The summed E-state index contributed by atoms with van der Waals surface area (Å²) in [4.78, 5) is 13.5. The molecule has 0 saturated heterocycles. The summed E-state index contributed by atoms with van der Waals surface area (Å²) >= 11 is 0. The van der Waals surface area contributed by atoms with Crippen LogP contribution in [-0.4, -0.2) is 54.2 Å². The topological polar surface area (TPSA) is 57.2 Å². The molecule has 0 fully saturated rings. The fourth-order valence-electron chi connectivity index (χ4n) is 3.10. The molecule has 0 atom stereocenters. The van der Waals surface area contributed by atoms with Gasteiger partial charge in [-0.2, -0.15) is 0 Å². The maximum atomic E-state index is 11.1. The summed E-state index contributed by atoms with van der Waals surface area (Å²) in [7, 11) is 2.13. The Morgan fingerprint density at radius 1 is 0.879 bits per heavy atom. The van der Waals surface area contributed by atoms with E-state index in [0.29, 0.717) is 24.6 Å². The molecular weight excluding hydrogens is 434 g/mol. The van der Waals surface area contributed by atoms with Crippen LogP contribution in [0.5, 0.6) is 0 Å². The lowest BCUT2D eigenvalue weighted by atomic mass is 10.2. The summed E-state index contributed by atoms with van der Waals surface area (Å²) in [5.74, 6) is -0.375. The maximum absolute atomic E-state index is 11.1. The number of benzene rings is 2.